The average molecular weight is 456 g/mol. The van der Waals surface area contributed by atoms with Gasteiger partial charge in [0.1, 0.15) is 18.2 Å². The van der Waals surface area contributed by atoms with Crippen molar-refractivity contribution in [2.24, 2.45) is 0 Å². The van der Waals surface area contributed by atoms with E-state index in [4.69, 9.17) is 16.3 Å². The number of imidazole rings is 1. The Morgan fingerprint density at radius 1 is 1.26 bits per heavy atom. The van der Waals surface area contributed by atoms with Crippen molar-refractivity contribution in [2.45, 2.75) is 46.4 Å². The first kappa shape index (κ1) is 19.7. The van der Waals surface area contributed by atoms with E-state index in [1.165, 1.54) is 4.57 Å². The minimum absolute atomic E-state index is 0.157. The first-order valence-electron chi connectivity index (χ1n) is 8.76. The van der Waals surface area contributed by atoms with E-state index in [-0.39, 0.29) is 6.61 Å². The van der Waals surface area contributed by atoms with Gasteiger partial charge in [-0.25, -0.2) is 9.78 Å². The molecule has 0 radical (unpaired) electrons. The van der Waals surface area contributed by atoms with Gasteiger partial charge in [-0.3, -0.25) is 14.3 Å². The largest absolute Gasteiger partial charge is 0.484 e. The monoisotopic (exact) mass is 454 g/mol. The molecule has 0 saturated carbocycles. The lowest BCUT2D eigenvalue weighted by molar-refractivity contribution is 0.289. The average Bonchev–Trinajstić information content (AvgIpc) is 2.99. The molecule has 2 aromatic heterocycles. The maximum atomic E-state index is 12.4. The van der Waals surface area contributed by atoms with Gasteiger partial charge in [-0.2, -0.15) is 0 Å². The zero-order chi connectivity index (χ0) is 19.6. The number of hydrogen-bond acceptors (Lipinski definition) is 4. The number of aromatic nitrogens is 4. The molecule has 7 nitrogen and oxygen atoms in total. The molecule has 1 N–H and O–H groups in total. The van der Waals surface area contributed by atoms with Crippen LogP contribution in [0.25, 0.3) is 11.2 Å². The molecule has 0 aliphatic heterocycles. The molecule has 0 atom stereocenters. The van der Waals surface area contributed by atoms with Crippen LogP contribution < -0.4 is 16.0 Å². The smallest absolute Gasteiger partial charge is 0.330 e. The molecule has 27 heavy (non-hydrogen) atoms. The molecule has 9 heteroatoms. The molecule has 0 amide bonds. The highest BCUT2D eigenvalue weighted by atomic mass is 79.9. The van der Waals surface area contributed by atoms with Crippen LogP contribution >= 0.6 is 27.5 Å². The van der Waals surface area contributed by atoms with Crippen molar-refractivity contribution in [3.8, 4) is 5.75 Å². The van der Waals surface area contributed by atoms with E-state index in [9.17, 15) is 9.59 Å². The topological polar surface area (TPSA) is 81.9 Å². The van der Waals surface area contributed by atoms with Gasteiger partial charge >= 0.3 is 5.69 Å². The second-order valence-electron chi connectivity index (χ2n) is 6.07. The van der Waals surface area contributed by atoms with Crippen LogP contribution in [0.5, 0.6) is 5.75 Å². The molecule has 3 aromatic rings. The van der Waals surface area contributed by atoms with E-state index in [0.29, 0.717) is 40.8 Å². The number of hydrogen-bond donors (Lipinski definition) is 1. The summed E-state index contributed by atoms with van der Waals surface area (Å²) < 4.78 is 9.88. The number of nitrogens with zero attached hydrogens (tertiary/aromatic N) is 3. The standard InChI is InChI=1S/C18H20BrClN4O3/c1-3-5-8-24-16-15(17(25)22-18(24)26)23(4-2)14(21-16)10-27-13-7-6-11(20)9-12(13)19/h6-7,9H,3-5,8,10H2,1-2H3,(H,22,25,26). The molecule has 0 fully saturated rings. The molecule has 0 aliphatic rings. The lowest BCUT2D eigenvalue weighted by Gasteiger charge is -2.09. The summed E-state index contributed by atoms with van der Waals surface area (Å²) >= 11 is 9.37. The lowest BCUT2D eigenvalue weighted by Crippen LogP contribution is -2.31. The van der Waals surface area contributed by atoms with Gasteiger partial charge in [0.25, 0.3) is 5.56 Å². The lowest BCUT2D eigenvalue weighted by atomic mass is 10.3. The number of aromatic amines is 1. The predicted octanol–water partition coefficient (Wildman–Crippen LogP) is 3.70. The Bertz CT molecular complexity index is 1090. The van der Waals surface area contributed by atoms with Crippen molar-refractivity contribution >= 4 is 38.7 Å². The molecule has 0 saturated heterocycles. The molecule has 144 valence electrons. The molecule has 0 bridgehead atoms. The molecule has 2 heterocycles. The first-order valence-corrected chi connectivity index (χ1v) is 9.93. The van der Waals surface area contributed by atoms with E-state index in [2.05, 4.69) is 25.9 Å². The fourth-order valence-electron chi connectivity index (χ4n) is 2.93. The third kappa shape index (κ3) is 3.96. The van der Waals surface area contributed by atoms with Gasteiger partial charge in [0.05, 0.1) is 4.47 Å². The van der Waals surface area contributed by atoms with Gasteiger partial charge in [-0.1, -0.05) is 24.9 Å². The summed E-state index contributed by atoms with van der Waals surface area (Å²) in [6, 6.07) is 5.24. The van der Waals surface area contributed by atoms with Crippen molar-refractivity contribution in [1.29, 1.82) is 0 Å². The zero-order valence-electron chi connectivity index (χ0n) is 15.1. The Labute approximate surface area is 169 Å². The Hall–Kier alpha value is -2.06. The summed E-state index contributed by atoms with van der Waals surface area (Å²) in [6.07, 6.45) is 1.76. The summed E-state index contributed by atoms with van der Waals surface area (Å²) in [6.45, 7) is 5.16. The van der Waals surface area contributed by atoms with Crippen molar-refractivity contribution in [2.75, 3.05) is 0 Å². The molecular weight excluding hydrogens is 436 g/mol. The van der Waals surface area contributed by atoms with E-state index in [1.54, 1.807) is 22.8 Å². The number of aryl methyl sites for hydroxylation is 2. The highest BCUT2D eigenvalue weighted by Gasteiger charge is 2.18. The maximum absolute atomic E-state index is 12.4. The van der Waals surface area contributed by atoms with Gasteiger partial charge in [-0.05, 0) is 47.5 Å². The third-order valence-corrected chi connectivity index (χ3v) is 5.12. The normalized spacial score (nSPS) is 11.3. The van der Waals surface area contributed by atoms with Crippen molar-refractivity contribution in [3.63, 3.8) is 0 Å². The van der Waals surface area contributed by atoms with Crippen LogP contribution in [0.15, 0.2) is 32.3 Å². The predicted molar refractivity (Wildman–Crippen MR) is 109 cm³/mol. The second kappa shape index (κ2) is 8.31. The van der Waals surface area contributed by atoms with Crippen LogP contribution in [0, 0.1) is 0 Å². The summed E-state index contributed by atoms with van der Waals surface area (Å²) in [5.74, 6) is 1.20. The van der Waals surface area contributed by atoms with Crippen molar-refractivity contribution < 1.29 is 4.74 Å². The van der Waals surface area contributed by atoms with Crippen LogP contribution in [-0.4, -0.2) is 19.1 Å². The number of H-pyrrole nitrogens is 1. The van der Waals surface area contributed by atoms with Crippen LogP contribution in [0.4, 0.5) is 0 Å². The summed E-state index contributed by atoms with van der Waals surface area (Å²) in [5, 5.41) is 0.599. The molecule has 0 unspecified atom stereocenters. The van der Waals surface area contributed by atoms with E-state index in [1.807, 2.05) is 13.8 Å². The van der Waals surface area contributed by atoms with E-state index < -0.39 is 11.2 Å². The molecule has 0 aliphatic carbocycles. The molecule has 1 aromatic carbocycles. The number of unbranched alkanes of at least 4 members (excludes halogenated alkanes) is 1. The molecule has 0 spiro atoms. The highest BCUT2D eigenvalue weighted by Crippen LogP contribution is 2.28. The minimum Gasteiger partial charge on any atom is -0.484 e. The van der Waals surface area contributed by atoms with Crippen LogP contribution in [0.2, 0.25) is 5.02 Å². The fraction of sp³-hybridized carbons (Fsp3) is 0.389. The van der Waals surface area contributed by atoms with Gasteiger partial charge < -0.3 is 9.30 Å². The van der Waals surface area contributed by atoms with Crippen molar-refractivity contribution in [1.82, 2.24) is 19.1 Å². The Balaban J connectivity index is 2.03. The number of nitrogens with one attached hydrogen (secondary N) is 1. The number of ether oxygens (including phenoxy) is 1. The van der Waals surface area contributed by atoms with Gasteiger partial charge in [0, 0.05) is 18.1 Å². The van der Waals surface area contributed by atoms with Gasteiger partial charge in [0.2, 0.25) is 0 Å². The van der Waals surface area contributed by atoms with Crippen LogP contribution in [0.3, 0.4) is 0 Å². The Morgan fingerprint density at radius 3 is 2.70 bits per heavy atom. The highest BCUT2D eigenvalue weighted by molar-refractivity contribution is 9.10. The Morgan fingerprint density at radius 2 is 2.04 bits per heavy atom. The second-order valence-corrected chi connectivity index (χ2v) is 7.36. The zero-order valence-corrected chi connectivity index (χ0v) is 17.4. The first-order chi connectivity index (χ1) is 13.0. The quantitative estimate of drug-likeness (QED) is 0.589. The van der Waals surface area contributed by atoms with Crippen LogP contribution in [-0.2, 0) is 19.7 Å². The number of halogens is 2. The molecular formula is C18H20BrClN4O3. The van der Waals surface area contributed by atoms with Gasteiger partial charge in [-0.15, -0.1) is 0 Å². The third-order valence-electron chi connectivity index (χ3n) is 4.27. The SMILES string of the molecule is CCCCn1c(=O)[nH]c(=O)c2c1nc(COc1ccc(Cl)cc1Br)n2CC. The fourth-order valence-corrected chi connectivity index (χ4v) is 3.72. The summed E-state index contributed by atoms with van der Waals surface area (Å²) in [7, 11) is 0. The maximum Gasteiger partial charge on any atom is 0.330 e. The van der Waals surface area contributed by atoms with E-state index >= 15 is 0 Å². The van der Waals surface area contributed by atoms with Gasteiger partial charge in [0.15, 0.2) is 11.2 Å². The van der Waals surface area contributed by atoms with E-state index in [0.717, 1.165) is 17.3 Å². The number of rotatable bonds is 7. The summed E-state index contributed by atoms with van der Waals surface area (Å²) in [5.41, 5.74) is -0.0829. The number of fused-ring (bicyclic) bond motifs is 1. The Kier molecular flexibility index (Phi) is 6.06. The summed E-state index contributed by atoms with van der Waals surface area (Å²) in [4.78, 5) is 31.6. The molecule has 3 rings (SSSR count). The number of benzene rings is 1. The minimum atomic E-state index is -0.436. The van der Waals surface area contributed by atoms with Crippen molar-refractivity contribution in [3.05, 3.63) is 54.4 Å². The van der Waals surface area contributed by atoms with Crippen LogP contribution in [0.1, 0.15) is 32.5 Å².